The number of hydrogen-bond donors (Lipinski definition) is 3. The Balaban J connectivity index is 3.02. The number of anilines is 1. The lowest BCUT2D eigenvalue weighted by atomic mass is 10.1. The predicted molar refractivity (Wildman–Crippen MR) is 90.6 cm³/mol. The summed E-state index contributed by atoms with van der Waals surface area (Å²) in [7, 11) is 0. The summed E-state index contributed by atoms with van der Waals surface area (Å²) in [5, 5.41) is 6.11. The number of aromatic nitrogens is 1. The van der Waals surface area contributed by atoms with E-state index in [9.17, 15) is 4.79 Å². The molecule has 0 spiro atoms. The van der Waals surface area contributed by atoms with Gasteiger partial charge >= 0.3 is 0 Å². The molecule has 0 radical (unpaired) electrons. The van der Waals surface area contributed by atoms with Crippen LogP contribution < -0.4 is 16.4 Å². The topological polar surface area (TPSA) is 80.0 Å². The van der Waals surface area contributed by atoms with Crippen molar-refractivity contribution in [1.82, 2.24) is 10.3 Å². The van der Waals surface area contributed by atoms with Crippen LogP contribution in [0.4, 0.5) is 5.69 Å². The molecule has 0 aromatic carbocycles. The van der Waals surface area contributed by atoms with E-state index in [0.29, 0.717) is 5.56 Å². The van der Waals surface area contributed by atoms with Crippen LogP contribution >= 0.6 is 12.2 Å². The van der Waals surface area contributed by atoms with Gasteiger partial charge in [0.15, 0.2) is 0 Å². The van der Waals surface area contributed by atoms with Crippen molar-refractivity contribution in [3.63, 3.8) is 0 Å². The molecule has 1 amide bonds. The Morgan fingerprint density at radius 3 is 2.43 bits per heavy atom. The Bertz CT molecular complexity index is 564. The molecule has 1 aromatic rings. The van der Waals surface area contributed by atoms with Crippen LogP contribution in [0.25, 0.3) is 0 Å². The molecule has 6 heteroatoms. The third-order valence-electron chi connectivity index (χ3n) is 2.84. The van der Waals surface area contributed by atoms with Crippen molar-refractivity contribution in [2.45, 2.75) is 53.1 Å². The summed E-state index contributed by atoms with van der Waals surface area (Å²) >= 11 is 5.08. The molecule has 0 saturated heterocycles. The summed E-state index contributed by atoms with van der Waals surface area (Å²) in [5.74, 6) is -0.0801. The normalized spacial score (nSPS) is 12.7. The summed E-state index contributed by atoms with van der Waals surface area (Å²) in [5.41, 5.74) is 8.52. The lowest BCUT2D eigenvalue weighted by Crippen LogP contribution is -2.47. The minimum Gasteiger partial charge on any atom is -0.389 e. The average Bonchev–Trinajstić information content (AvgIpc) is 2.24. The second-order valence-corrected chi connectivity index (χ2v) is 6.68. The highest BCUT2D eigenvalue weighted by atomic mass is 32.1. The van der Waals surface area contributed by atoms with Gasteiger partial charge in [0.1, 0.15) is 11.0 Å². The van der Waals surface area contributed by atoms with Gasteiger partial charge in [-0.15, -0.1) is 0 Å². The average molecular weight is 308 g/mol. The summed E-state index contributed by atoms with van der Waals surface area (Å²) < 4.78 is 0. The third-order valence-corrected chi connectivity index (χ3v) is 3.04. The lowest BCUT2D eigenvalue weighted by Gasteiger charge is -2.25. The Hall–Kier alpha value is -1.69. The molecule has 1 rings (SSSR count). The van der Waals surface area contributed by atoms with Gasteiger partial charge in [-0.1, -0.05) is 12.2 Å². The molecule has 1 unspecified atom stereocenters. The molecule has 0 bridgehead atoms. The number of thiocarbonyl (C=S) groups is 1. The van der Waals surface area contributed by atoms with Crippen molar-refractivity contribution in [2.24, 2.45) is 5.73 Å². The first-order valence-electron chi connectivity index (χ1n) is 6.88. The van der Waals surface area contributed by atoms with Gasteiger partial charge in [0.25, 0.3) is 0 Å². The van der Waals surface area contributed by atoms with Crippen molar-refractivity contribution >= 4 is 28.8 Å². The van der Waals surface area contributed by atoms with Gasteiger partial charge in [-0.05, 0) is 47.6 Å². The molecular weight excluding hydrogens is 284 g/mol. The van der Waals surface area contributed by atoms with E-state index < -0.39 is 6.04 Å². The number of pyridine rings is 1. The molecule has 4 N–H and O–H groups in total. The van der Waals surface area contributed by atoms with E-state index in [1.165, 1.54) is 0 Å². The monoisotopic (exact) mass is 308 g/mol. The van der Waals surface area contributed by atoms with E-state index >= 15 is 0 Å². The molecule has 0 aliphatic rings. The first-order valence-corrected chi connectivity index (χ1v) is 7.28. The summed E-state index contributed by atoms with van der Waals surface area (Å²) in [6.45, 7) is 11.4. The molecular formula is C15H24N4OS. The Morgan fingerprint density at radius 1 is 1.38 bits per heavy atom. The van der Waals surface area contributed by atoms with E-state index in [1.54, 1.807) is 6.92 Å². The number of nitrogens with zero attached hydrogens (tertiary/aromatic N) is 1. The van der Waals surface area contributed by atoms with Crippen LogP contribution in [0.15, 0.2) is 6.07 Å². The number of aryl methyl sites for hydroxylation is 2. The molecule has 1 aromatic heterocycles. The van der Waals surface area contributed by atoms with Gasteiger partial charge in [0.05, 0.1) is 5.56 Å². The Morgan fingerprint density at radius 2 is 1.95 bits per heavy atom. The predicted octanol–water partition coefficient (Wildman–Crippen LogP) is 2.05. The SMILES string of the molecule is Cc1cc(NC(C)C(=O)NC(C)(C)C)c(C(N)=S)c(C)n1. The van der Waals surface area contributed by atoms with Crippen LogP contribution in [-0.4, -0.2) is 27.5 Å². The second kappa shape index (κ2) is 6.39. The van der Waals surface area contributed by atoms with Crippen molar-refractivity contribution in [3.8, 4) is 0 Å². The molecule has 5 nitrogen and oxygen atoms in total. The fraction of sp³-hybridized carbons (Fsp3) is 0.533. The van der Waals surface area contributed by atoms with Gasteiger partial charge < -0.3 is 16.4 Å². The number of hydrogen-bond acceptors (Lipinski definition) is 4. The fourth-order valence-corrected chi connectivity index (χ4v) is 2.29. The van der Waals surface area contributed by atoms with Gasteiger partial charge in [0, 0.05) is 22.6 Å². The highest BCUT2D eigenvalue weighted by Crippen LogP contribution is 2.20. The number of carbonyl (C=O) groups excluding carboxylic acids is 1. The summed E-state index contributed by atoms with van der Waals surface area (Å²) in [4.78, 5) is 16.8. The molecule has 0 fully saturated rings. The standard InChI is InChI=1S/C15H24N4OS/c1-8-7-11(12(13(16)21)9(2)17-8)18-10(3)14(20)19-15(4,5)6/h7,10H,1-6H3,(H2,16,21)(H,17,18)(H,19,20). The van der Waals surface area contributed by atoms with Crippen LogP contribution in [-0.2, 0) is 4.79 Å². The number of amides is 1. The molecule has 1 atom stereocenters. The van der Waals surface area contributed by atoms with Crippen LogP contribution in [0.5, 0.6) is 0 Å². The largest absolute Gasteiger partial charge is 0.389 e. The highest BCUT2D eigenvalue weighted by molar-refractivity contribution is 7.80. The fourth-order valence-electron chi connectivity index (χ4n) is 2.03. The van der Waals surface area contributed by atoms with Crippen molar-refractivity contribution in [3.05, 3.63) is 23.0 Å². The molecule has 0 aliphatic heterocycles. The smallest absolute Gasteiger partial charge is 0.242 e. The van der Waals surface area contributed by atoms with E-state index in [-0.39, 0.29) is 16.4 Å². The van der Waals surface area contributed by atoms with E-state index in [0.717, 1.165) is 17.1 Å². The number of rotatable bonds is 4. The summed E-state index contributed by atoms with van der Waals surface area (Å²) in [6.07, 6.45) is 0. The van der Waals surface area contributed by atoms with Crippen LogP contribution in [0.2, 0.25) is 0 Å². The second-order valence-electron chi connectivity index (χ2n) is 6.24. The maximum Gasteiger partial charge on any atom is 0.242 e. The first-order chi connectivity index (χ1) is 9.51. The Labute approximate surface area is 131 Å². The van der Waals surface area contributed by atoms with Crippen LogP contribution in [0, 0.1) is 13.8 Å². The first kappa shape index (κ1) is 17.4. The number of nitrogens with one attached hydrogen (secondary N) is 2. The Kier molecular flexibility index (Phi) is 5.28. The van der Waals surface area contributed by atoms with E-state index in [1.807, 2.05) is 40.7 Å². The minimum atomic E-state index is -0.404. The van der Waals surface area contributed by atoms with Crippen LogP contribution in [0.3, 0.4) is 0 Å². The zero-order valence-electron chi connectivity index (χ0n) is 13.5. The quantitative estimate of drug-likeness (QED) is 0.742. The number of carbonyl (C=O) groups is 1. The highest BCUT2D eigenvalue weighted by Gasteiger charge is 2.21. The third kappa shape index (κ3) is 4.97. The molecule has 0 aliphatic carbocycles. The maximum absolute atomic E-state index is 12.2. The lowest BCUT2D eigenvalue weighted by molar-refractivity contribution is -0.122. The molecule has 21 heavy (non-hydrogen) atoms. The van der Waals surface area contributed by atoms with Crippen molar-refractivity contribution in [1.29, 1.82) is 0 Å². The maximum atomic E-state index is 12.2. The molecule has 0 saturated carbocycles. The van der Waals surface area contributed by atoms with Gasteiger partial charge in [0.2, 0.25) is 5.91 Å². The van der Waals surface area contributed by atoms with Gasteiger partial charge in [-0.25, -0.2) is 0 Å². The van der Waals surface area contributed by atoms with Gasteiger partial charge in [-0.3, -0.25) is 9.78 Å². The van der Waals surface area contributed by atoms with Gasteiger partial charge in [-0.2, -0.15) is 0 Å². The minimum absolute atomic E-state index is 0.0801. The van der Waals surface area contributed by atoms with Crippen LogP contribution in [0.1, 0.15) is 44.6 Å². The summed E-state index contributed by atoms with van der Waals surface area (Å²) in [6, 6.07) is 1.45. The molecule has 116 valence electrons. The van der Waals surface area contributed by atoms with E-state index in [4.69, 9.17) is 18.0 Å². The van der Waals surface area contributed by atoms with Crippen molar-refractivity contribution < 1.29 is 4.79 Å². The zero-order chi connectivity index (χ0) is 16.4. The number of nitrogens with two attached hydrogens (primary N) is 1. The van der Waals surface area contributed by atoms with Crippen molar-refractivity contribution in [2.75, 3.05) is 5.32 Å². The van der Waals surface area contributed by atoms with E-state index in [2.05, 4.69) is 15.6 Å². The molecule has 1 heterocycles. The zero-order valence-corrected chi connectivity index (χ0v) is 14.3.